The molecule has 1 aromatic rings. The molecule has 3 atom stereocenters. The normalized spacial score (nSPS) is 31.2. The highest BCUT2D eigenvalue weighted by atomic mass is 16.2. The molecular formula is C23H32N4O. The van der Waals surface area contributed by atoms with Gasteiger partial charge in [-0.3, -0.25) is 9.80 Å². The molecular weight excluding hydrogens is 348 g/mol. The number of nitrogens with zero attached hydrogens (tertiary/aromatic N) is 2. The van der Waals surface area contributed by atoms with Crippen molar-refractivity contribution in [2.24, 2.45) is 0 Å². The van der Waals surface area contributed by atoms with E-state index in [0.29, 0.717) is 18.1 Å². The van der Waals surface area contributed by atoms with E-state index < -0.39 is 0 Å². The lowest BCUT2D eigenvalue weighted by molar-refractivity contribution is 0.0680. The van der Waals surface area contributed by atoms with Crippen LogP contribution in [0.3, 0.4) is 0 Å². The lowest BCUT2D eigenvalue weighted by Gasteiger charge is -2.42. The molecule has 2 aliphatic heterocycles. The molecule has 2 N–H and O–H groups in total. The van der Waals surface area contributed by atoms with Crippen LogP contribution in [0.15, 0.2) is 30.3 Å². The summed E-state index contributed by atoms with van der Waals surface area (Å²) in [6, 6.07) is 10.5. The predicted octanol–water partition coefficient (Wildman–Crippen LogP) is 2.97. The number of fused-ring (bicyclic) bond motifs is 1. The first-order valence-electron chi connectivity index (χ1n) is 11.1. The largest absolute Gasteiger partial charge is 0.333 e. The number of hydrogen-bond donors (Lipinski definition) is 2. The van der Waals surface area contributed by atoms with E-state index in [0.717, 1.165) is 45.6 Å². The van der Waals surface area contributed by atoms with Crippen molar-refractivity contribution >= 4 is 11.6 Å². The molecule has 4 aliphatic rings. The van der Waals surface area contributed by atoms with Gasteiger partial charge in [0.15, 0.2) is 0 Å². The Morgan fingerprint density at radius 2 is 1.89 bits per heavy atom. The zero-order valence-electron chi connectivity index (χ0n) is 16.7. The Kier molecular flexibility index (Phi) is 5.12. The molecule has 28 heavy (non-hydrogen) atoms. The van der Waals surface area contributed by atoms with Crippen molar-refractivity contribution in [1.82, 2.24) is 20.4 Å². The van der Waals surface area contributed by atoms with Crippen LogP contribution in [0.25, 0.3) is 5.57 Å². The zero-order valence-corrected chi connectivity index (χ0v) is 16.7. The summed E-state index contributed by atoms with van der Waals surface area (Å²) in [6.45, 7) is 5.64. The van der Waals surface area contributed by atoms with Gasteiger partial charge in [-0.25, -0.2) is 4.79 Å². The van der Waals surface area contributed by atoms with E-state index in [9.17, 15) is 4.79 Å². The number of allylic oxidation sites excluding steroid dienone is 2. The Morgan fingerprint density at radius 1 is 1.04 bits per heavy atom. The SMILES string of the molecule is O=C1NC2CCC(N3CCN(Cc4cccc(C5=CCCC5)c4)CC3)CC2N1. The van der Waals surface area contributed by atoms with E-state index in [2.05, 4.69) is 50.8 Å². The van der Waals surface area contributed by atoms with Crippen LogP contribution < -0.4 is 10.6 Å². The van der Waals surface area contributed by atoms with Crippen molar-refractivity contribution < 1.29 is 4.79 Å². The molecule has 150 valence electrons. The average molecular weight is 381 g/mol. The molecule has 3 unspecified atom stereocenters. The Labute approximate surface area is 168 Å². The second-order valence-electron chi connectivity index (χ2n) is 8.93. The smallest absolute Gasteiger partial charge is 0.315 e. The molecule has 5 rings (SSSR count). The van der Waals surface area contributed by atoms with Crippen LogP contribution in [0.2, 0.25) is 0 Å². The quantitative estimate of drug-likeness (QED) is 0.844. The highest BCUT2D eigenvalue weighted by Crippen LogP contribution is 2.29. The summed E-state index contributed by atoms with van der Waals surface area (Å²) < 4.78 is 0. The molecule has 0 aromatic heterocycles. The number of hydrogen-bond acceptors (Lipinski definition) is 3. The molecule has 0 spiro atoms. The maximum atomic E-state index is 11.6. The van der Waals surface area contributed by atoms with Gasteiger partial charge in [-0.15, -0.1) is 0 Å². The third-order valence-electron chi connectivity index (χ3n) is 7.12. The Bertz CT molecular complexity index is 753. The number of urea groups is 1. The molecule has 2 aliphatic carbocycles. The maximum absolute atomic E-state index is 11.6. The van der Waals surface area contributed by atoms with Crippen molar-refractivity contribution in [1.29, 1.82) is 0 Å². The molecule has 1 saturated carbocycles. The van der Waals surface area contributed by atoms with Crippen LogP contribution in [0.5, 0.6) is 0 Å². The molecule has 2 heterocycles. The zero-order chi connectivity index (χ0) is 18.9. The van der Waals surface area contributed by atoms with Crippen molar-refractivity contribution in [3.05, 3.63) is 41.5 Å². The molecule has 5 nitrogen and oxygen atoms in total. The summed E-state index contributed by atoms with van der Waals surface area (Å²) >= 11 is 0. The van der Waals surface area contributed by atoms with Crippen molar-refractivity contribution in [2.75, 3.05) is 26.2 Å². The first-order chi connectivity index (χ1) is 13.7. The number of carbonyl (C=O) groups excluding carboxylic acids is 1. The third-order valence-corrected chi connectivity index (χ3v) is 7.12. The van der Waals surface area contributed by atoms with Gasteiger partial charge >= 0.3 is 6.03 Å². The first kappa shape index (κ1) is 18.2. The van der Waals surface area contributed by atoms with Gasteiger partial charge in [0, 0.05) is 38.8 Å². The third kappa shape index (κ3) is 3.83. The van der Waals surface area contributed by atoms with Gasteiger partial charge in [0.05, 0.1) is 12.1 Å². The summed E-state index contributed by atoms with van der Waals surface area (Å²) in [4.78, 5) is 16.8. The Hall–Kier alpha value is -1.85. The topological polar surface area (TPSA) is 47.6 Å². The lowest BCUT2D eigenvalue weighted by atomic mass is 9.86. The molecule has 0 radical (unpaired) electrons. The van der Waals surface area contributed by atoms with Crippen LogP contribution in [-0.2, 0) is 6.54 Å². The highest BCUT2D eigenvalue weighted by molar-refractivity contribution is 5.77. The summed E-state index contributed by atoms with van der Waals surface area (Å²) in [5.41, 5.74) is 4.41. The summed E-state index contributed by atoms with van der Waals surface area (Å²) in [5, 5.41) is 6.16. The first-order valence-corrected chi connectivity index (χ1v) is 11.1. The molecule has 0 bridgehead atoms. The minimum Gasteiger partial charge on any atom is -0.333 e. The molecule has 3 fully saturated rings. The van der Waals surface area contributed by atoms with Crippen molar-refractivity contribution in [3.63, 3.8) is 0 Å². The second kappa shape index (κ2) is 7.88. The van der Waals surface area contributed by atoms with E-state index in [1.807, 2.05) is 0 Å². The Balaban J connectivity index is 1.14. The van der Waals surface area contributed by atoms with Gasteiger partial charge in [0.1, 0.15) is 0 Å². The second-order valence-corrected chi connectivity index (χ2v) is 8.93. The number of nitrogens with one attached hydrogen (secondary N) is 2. The van der Waals surface area contributed by atoms with Crippen LogP contribution in [0.4, 0.5) is 4.79 Å². The van der Waals surface area contributed by atoms with E-state index in [-0.39, 0.29) is 6.03 Å². The minimum absolute atomic E-state index is 0.0241. The number of benzene rings is 1. The average Bonchev–Trinajstić information content (AvgIpc) is 3.37. The maximum Gasteiger partial charge on any atom is 0.315 e. The van der Waals surface area contributed by atoms with E-state index in [1.165, 1.54) is 42.4 Å². The Morgan fingerprint density at radius 3 is 2.71 bits per heavy atom. The molecule has 2 saturated heterocycles. The fourth-order valence-corrected chi connectivity index (χ4v) is 5.54. The van der Waals surface area contributed by atoms with Crippen LogP contribution in [-0.4, -0.2) is 60.1 Å². The van der Waals surface area contributed by atoms with Crippen molar-refractivity contribution in [3.8, 4) is 0 Å². The minimum atomic E-state index is 0.0241. The van der Waals surface area contributed by atoms with Crippen molar-refractivity contribution in [2.45, 2.75) is 63.2 Å². The summed E-state index contributed by atoms with van der Waals surface area (Å²) in [7, 11) is 0. The van der Waals surface area contributed by atoms with Crippen LogP contribution in [0, 0.1) is 0 Å². The molecule has 2 amide bonds. The lowest BCUT2D eigenvalue weighted by Crippen LogP contribution is -2.54. The summed E-state index contributed by atoms with van der Waals surface area (Å²) in [6.07, 6.45) is 9.61. The van der Waals surface area contributed by atoms with E-state index >= 15 is 0 Å². The van der Waals surface area contributed by atoms with Crippen LogP contribution in [0.1, 0.15) is 49.7 Å². The van der Waals surface area contributed by atoms with E-state index in [1.54, 1.807) is 0 Å². The molecule has 5 heteroatoms. The number of amides is 2. The van der Waals surface area contributed by atoms with Gasteiger partial charge in [0.2, 0.25) is 0 Å². The number of rotatable bonds is 4. The van der Waals surface area contributed by atoms with Gasteiger partial charge in [-0.1, -0.05) is 30.3 Å². The fraction of sp³-hybridized carbons (Fsp3) is 0.609. The van der Waals surface area contributed by atoms with Crippen LogP contribution >= 0.6 is 0 Å². The molecule has 1 aromatic carbocycles. The highest BCUT2D eigenvalue weighted by Gasteiger charge is 2.39. The fourth-order valence-electron chi connectivity index (χ4n) is 5.54. The summed E-state index contributed by atoms with van der Waals surface area (Å²) in [5.74, 6) is 0. The van der Waals surface area contributed by atoms with Gasteiger partial charge in [-0.2, -0.15) is 0 Å². The van der Waals surface area contributed by atoms with Gasteiger partial charge in [-0.05, 0) is 55.2 Å². The van der Waals surface area contributed by atoms with Gasteiger partial charge < -0.3 is 10.6 Å². The van der Waals surface area contributed by atoms with E-state index in [4.69, 9.17) is 0 Å². The monoisotopic (exact) mass is 380 g/mol. The number of carbonyl (C=O) groups is 1. The predicted molar refractivity (Wildman–Crippen MR) is 112 cm³/mol. The van der Waals surface area contributed by atoms with Gasteiger partial charge in [0.25, 0.3) is 0 Å². The number of piperazine rings is 1. The standard InChI is InChI=1S/C23H32N4O/c28-23-24-21-9-8-20(15-22(21)25-23)27-12-10-26(11-13-27)16-17-4-3-7-19(14-17)18-5-1-2-6-18/h3-5,7,14,20-22H,1-2,6,8-13,15-16H2,(H2,24,25,28).